The van der Waals surface area contributed by atoms with Gasteiger partial charge < -0.3 is 14.6 Å². The average Bonchev–Trinajstić information content (AvgIpc) is 3.05. The number of amides is 1. The summed E-state index contributed by atoms with van der Waals surface area (Å²) < 4.78 is 11.1. The van der Waals surface area contributed by atoms with E-state index in [2.05, 4.69) is 15.5 Å². The minimum Gasteiger partial charge on any atom is -0.493 e. The maximum absolute atomic E-state index is 12.6. The number of para-hydroxylation sites is 1. The van der Waals surface area contributed by atoms with E-state index in [1.165, 1.54) is 19.3 Å². The molecule has 6 heteroatoms. The monoisotopic (exact) mass is 355 g/mol. The number of aromatic nitrogens is 2. The van der Waals surface area contributed by atoms with Crippen molar-refractivity contribution in [2.45, 2.75) is 57.4 Å². The highest BCUT2D eigenvalue weighted by Gasteiger charge is 2.25. The number of ether oxygens (including phenoxy) is 1. The molecular weight excluding hydrogens is 330 g/mol. The Balaban J connectivity index is 1.33. The van der Waals surface area contributed by atoms with Crippen LogP contribution >= 0.6 is 0 Å². The van der Waals surface area contributed by atoms with E-state index in [-0.39, 0.29) is 18.4 Å². The van der Waals surface area contributed by atoms with Gasteiger partial charge >= 0.3 is 0 Å². The van der Waals surface area contributed by atoms with Gasteiger partial charge in [-0.05, 0) is 37.3 Å². The molecule has 0 saturated heterocycles. The number of carbonyl (C=O) groups is 1. The van der Waals surface area contributed by atoms with Crippen LogP contribution in [0, 0.1) is 5.92 Å². The minimum absolute atomic E-state index is 0.0164. The Morgan fingerprint density at radius 1 is 1.15 bits per heavy atom. The third kappa shape index (κ3) is 3.89. The van der Waals surface area contributed by atoms with Crippen molar-refractivity contribution < 1.29 is 14.1 Å². The summed E-state index contributed by atoms with van der Waals surface area (Å²) in [6, 6.07) is 7.92. The van der Waals surface area contributed by atoms with Crippen molar-refractivity contribution in [2.24, 2.45) is 5.92 Å². The Kier molecular flexibility index (Phi) is 5.18. The molecule has 1 aromatic heterocycles. The number of carbonyl (C=O) groups excluding carboxylic acids is 1. The molecule has 2 aliphatic rings. The number of hydrogen-bond acceptors (Lipinski definition) is 5. The summed E-state index contributed by atoms with van der Waals surface area (Å²) in [5.74, 6) is 2.50. The summed E-state index contributed by atoms with van der Waals surface area (Å²) >= 11 is 0. The molecule has 1 amide bonds. The van der Waals surface area contributed by atoms with Gasteiger partial charge in [0.05, 0.1) is 13.2 Å². The number of fused-ring (bicyclic) bond motifs is 1. The molecule has 0 radical (unpaired) electrons. The number of nitrogens with zero attached hydrogens (tertiary/aromatic N) is 2. The molecule has 138 valence electrons. The van der Waals surface area contributed by atoms with E-state index >= 15 is 0 Å². The van der Waals surface area contributed by atoms with Crippen molar-refractivity contribution in [1.29, 1.82) is 0 Å². The second-order valence-corrected chi connectivity index (χ2v) is 7.24. The predicted molar refractivity (Wildman–Crippen MR) is 95.7 cm³/mol. The summed E-state index contributed by atoms with van der Waals surface area (Å²) in [6.07, 6.45) is 7.43. The van der Waals surface area contributed by atoms with E-state index in [9.17, 15) is 4.79 Å². The van der Waals surface area contributed by atoms with Crippen molar-refractivity contribution in [3.8, 4) is 5.75 Å². The Bertz CT molecular complexity index is 752. The van der Waals surface area contributed by atoms with E-state index in [0.717, 1.165) is 30.0 Å². The predicted octanol–water partition coefficient (Wildman–Crippen LogP) is 3.37. The lowest BCUT2D eigenvalue weighted by Crippen LogP contribution is -2.32. The van der Waals surface area contributed by atoms with Crippen LogP contribution in [0.4, 0.5) is 0 Å². The van der Waals surface area contributed by atoms with Crippen LogP contribution < -0.4 is 10.1 Å². The van der Waals surface area contributed by atoms with Crippen molar-refractivity contribution >= 4 is 5.91 Å². The van der Waals surface area contributed by atoms with Gasteiger partial charge in [-0.3, -0.25) is 4.79 Å². The van der Waals surface area contributed by atoms with E-state index < -0.39 is 0 Å². The molecule has 1 atom stereocenters. The van der Waals surface area contributed by atoms with Gasteiger partial charge in [-0.2, -0.15) is 4.98 Å². The van der Waals surface area contributed by atoms with Gasteiger partial charge in [-0.25, -0.2) is 0 Å². The molecular formula is C20H25N3O3. The van der Waals surface area contributed by atoms with Crippen molar-refractivity contribution in [2.75, 3.05) is 6.61 Å². The van der Waals surface area contributed by atoms with Crippen LogP contribution in [0.15, 0.2) is 28.8 Å². The highest BCUT2D eigenvalue weighted by atomic mass is 16.5. The van der Waals surface area contributed by atoms with Crippen molar-refractivity contribution in [3.05, 3.63) is 41.5 Å². The van der Waals surface area contributed by atoms with E-state index in [1.807, 2.05) is 24.3 Å². The van der Waals surface area contributed by atoms with Gasteiger partial charge in [0.25, 0.3) is 0 Å². The zero-order chi connectivity index (χ0) is 17.8. The van der Waals surface area contributed by atoms with Gasteiger partial charge in [0, 0.05) is 11.8 Å². The van der Waals surface area contributed by atoms with Crippen LogP contribution in [-0.2, 0) is 17.8 Å². The Morgan fingerprint density at radius 3 is 2.88 bits per heavy atom. The maximum atomic E-state index is 12.6. The number of benzene rings is 1. The van der Waals surface area contributed by atoms with E-state index in [0.29, 0.717) is 31.3 Å². The topological polar surface area (TPSA) is 77.3 Å². The van der Waals surface area contributed by atoms with E-state index in [4.69, 9.17) is 9.26 Å². The second-order valence-electron chi connectivity index (χ2n) is 7.24. The molecule has 1 N–H and O–H groups in total. The Hall–Kier alpha value is -2.37. The minimum atomic E-state index is -0.0978. The summed E-state index contributed by atoms with van der Waals surface area (Å²) in [7, 11) is 0. The standard InChI is InChI=1S/C20H25N3O3/c24-20(16-10-11-25-17-9-5-4-8-15(17)12-16)21-13-18-22-19(23-26-18)14-6-2-1-3-7-14/h4-5,8-9,14,16H,1-3,6-7,10-13H2,(H,21,24). The Labute approximate surface area is 153 Å². The van der Waals surface area contributed by atoms with Crippen LogP contribution in [-0.4, -0.2) is 22.7 Å². The molecule has 4 rings (SSSR count). The van der Waals surface area contributed by atoms with Crippen LogP contribution in [0.2, 0.25) is 0 Å². The molecule has 1 aromatic carbocycles. The first kappa shape index (κ1) is 17.1. The smallest absolute Gasteiger partial charge is 0.246 e. The summed E-state index contributed by atoms with van der Waals surface area (Å²) in [6.45, 7) is 0.846. The molecule has 0 bridgehead atoms. The quantitative estimate of drug-likeness (QED) is 0.910. The lowest BCUT2D eigenvalue weighted by Gasteiger charge is -2.17. The molecule has 1 aliphatic carbocycles. The lowest BCUT2D eigenvalue weighted by atomic mass is 9.89. The Morgan fingerprint density at radius 2 is 2.00 bits per heavy atom. The average molecular weight is 355 g/mol. The molecule has 26 heavy (non-hydrogen) atoms. The molecule has 1 saturated carbocycles. The zero-order valence-electron chi connectivity index (χ0n) is 14.9. The summed E-state index contributed by atoms with van der Waals surface area (Å²) in [5.41, 5.74) is 1.09. The van der Waals surface area contributed by atoms with Gasteiger partial charge in [0.1, 0.15) is 5.75 Å². The summed E-state index contributed by atoms with van der Waals surface area (Å²) in [5, 5.41) is 7.07. The molecule has 2 heterocycles. The molecule has 1 fully saturated rings. The third-order valence-corrected chi connectivity index (χ3v) is 5.40. The molecule has 0 spiro atoms. The molecule has 1 aliphatic heterocycles. The zero-order valence-corrected chi connectivity index (χ0v) is 14.9. The fourth-order valence-electron chi connectivity index (χ4n) is 3.89. The second kappa shape index (κ2) is 7.89. The normalized spacial score (nSPS) is 20.7. The first-order valence-corrected chi connectivity index (χ1v) is 9.60. The first-order valence-electron chi connectivity index (χ1n) is 9.60. The van der Waals surface area contributed by atoms with Gasteiger partial charge in [0.15, 0.2) is 5.82 Å². The molecule has 6 nitrogen and oxygen atoms in total. The largest absolute Gasteiger partial charge is 0.493 e. The van der Waals surface area contributed by atoms with Gasteiger partial charge in [-0.15, -0.1) is 0 Å². The van der Waals surface area contributed by atoms with Crippen molar-refractivity contribution in [1.82, 2.24) is 15.5 Å². The van der Waals surface area contributed by atoms with E-state index in [1.54, 1.807) is 0 Å². The maximum Gasteiger partial charge on any atom is 0.246 e. The fraction of sp³-hybridized carbons (Fsp3) is 0.550. The van der Waals surface area contributed by atoms with Crippen LogP contribution in [0.3, 0.4) is 0 Å². The highest BCUT2D eigenvalue weighted by molar-refractivity contribution is 5.79. The lowest BCUT2D eigenvalue weighted by molar-refractivity contribution is -0.125. The summed E-state index contributed by atoms with van der Waals surface area (Å²) in [4.78, 5) is 17.1. The van der Waals surface area contributed by atoms with Crippen LogP contribution in [0.5, 0.6) is 5.75 Å². The first-order chi connectivity index (χ1) is 12.8. The number of rotatable bonds is 4. The SMILES string of the molecule is O=C(NCc1nc(C2CCCCC2)no1)C1CCOc2ccccc2C1. The van der Waals surface area contributed by atoms with Crippen LogP contribution in [0.25, 0.3) is 0 Å². The van der Waals surface area contributed by atoms with Crippen molar-refractivity contribution in [3.63, 3.8) is 0 Å². The van der Waals surface area contributed by atoms with Gasteiger partial charge in [0.2, 0.25) is 11.8 Å². The third-order valence-electron chi connectivity index (χ3n) is 5.40. The number of nitrogens with one attached hydrogen (secondary N) is 1. The molecule has 1 unspecified atom stereocenters. The number of hydrogen-bond donors (Lipinski definition) is 1. The molecule has 2 aromatic rings. The van der Waals surface area contributed by atoms with Gasteiger partial charge in [-0.1, -0.05) is 42.6 Å². The van der Waals surface area contributed by atoms with Crippen LogP contribution in [0.1, 0.15) is 61.7 Å². The highest BCUT2D eigenvalue weighted by Crippen LogP contribution is 2.31. The fourth-order valence-corrected chi connectivity index (χ4v) is 3.89.